The van der Waals surface area contributed by atoms with Crippen LogP contribution in [-0.2, 0) is 0 Å². The number of hydrogen-bond donors (Lipinski definition) is 2. The maximum Gasteiger partial charge on any atom is 0.260 e. The molecular formula is C23H16ClNO2. The van der Waals surface area contributed by atoms with Crippen molar-refractivity contribution in [3.05, 3.63) is 106 Å². The summed E-state index contributed by atoms with van der Waals surface area (Å²) in [5, 5.41) is 11.7. The third-order valence-electron chi connectivity index (χ3n) is 4.59. The standard InChI is InChI=1S/C23H16ClNO2/c1-14(15-5-3-2-4-6-15)16-7-9-17(10-8-16)21-22(26)19-12-11-18(24)13-20(19)25-23(21)27/h2-13H,1H2,(H2,25,26,27). The number of aromatic nitrogens is 1. The van der Waals surface area contributed by atoms with Gasteiger partial charge in [0.2, 0.25) is 0 Å². The summed E-state index contributed by atoms with van der Waals surface area (Å²) >= 11 is 5.97. The predicted molar refractivity (Wildman–Crippen MR) is 111 cm³/mol. The molecule has 4 rings (SSSR count). The molecule has 132 valence electrons. The molecular weight excluding hydrogens is 358 g/mol. The van der Waals surface area contributed by atoms with Crippen LogP contribution in [0.15, 0.2) is 84.2 Å². The zero-order valence-electron chi connectivity index (χ0n) is 14.4. The first-order valence-electron chi connectivity index (χ1n) is 8.44. The molecule has 4 aromatic rings. The molecule has 0 aliphatic heterocycles. The quantitative estimate of drug-likeness (QED) is 0.490. The summed E-state index contributed by atoms with van der Waals surface area (Å²) in [5.74, 6) is -0.0555. The van der Waals surface area contributed by atoms with Crippen molar-refractivity contribution in [3.8, 4) is 16.9 Å². The van der Waals surface area contributed by atoms with Gasteiger partial charge in [-0.15, -0.1) is 0 Å². The van der Waals surface area contributed by atoms with E-state index in [-0.39, 0.29) is 16.9 Å². The van der Waals surface area contributed by atoms with Gasteiger partial charge >= 0.3 is 0 Å². The molecule has 0 fully saturated rings. The summed E-state index contributed by atoms with van der Waals surface area (Å²) in [4.78, 5) is 15.3. The molecule has 0 aliphatic carbocycles. The van der Waals surface area contributed by atoms with E-state index in [9.17, 15) is 9.90 Å². The minimum atomic E-state index is -0.364. The smallest absolute Gasteiger partial charge is 0.260 e. The maximum absolute atomic E-state index is 12.5. The number of benzene rings is 3. The van der Waals surface area contributed by atoms with Crippen LogP contribution < -0.4 is 5.56 Å². The van der Waals surface area contributed by atoms with Gasteiger partial charge in [-0.05, 0) is 40.5 Å². The molecule has 0 aliphatic rings. The molecule has 27 heavy (non-hydrogen) atoms. The number of aromatic hydroxyl groups is 1. The van der Waals surface area contributed by atoms with Crippen molar-refractivity contribution >= 4 is 28.1 Å². The van der Waals surface area contributed by atoms with Crippen LogP contribution in [0.5, 0.6) is 5.75 Å². The fourth-order valence-electron chi connectivity index (χ4n) is 3.17. The average molecular weight is 374 g/mol. The van der Waals surface area contributed by atoms with Gasteiger partial charge in [0.25, 0.3) is 5.56 Å². The van der Waals surface area contributed by atoms with Gasteiger partial charge in [-0.25, -0.2) is 0 Å². The lowest BCUT2D eigenvalue weighted by Crippen LogP contribution is -2.09. The Morgan fingerprint density at radius 1 is 0.926 bits per heavy atom. The van der Waals surface area contributed by atoms with E-state index in [1.165, 1.54) is 0 Å². The number of H-pyrrole nitrogens is 1. The van der Waals surface area contributed by atoms with E-state index in [0.717, 1.165) is 16.7 Å². The van der Waals surface area contributed by atoms with Crippen molar-refractivity contribution < 1.29 is 5.11 Å². The number of pyridine rings is 1. The van der Waals surface area contributed by atoms with Gasteiger partial charge in [-0.1, -0.05) is 72.8 Å². The maximum atomic E-state index is 12.5. The predicted octanol–water partition coefficient (Wildman–Crippen LogP) is 5.62. The highest BCUT2D eigenvalue weighted by Gasteiger charge is 2.14. The van der Waals surface area contributed by atoms with Crippen molar-refractivity contribution in [3.63, 3.8) is 0 Å². The van der Waals surface area contributed by atoms with Gasteiger partial charge < -0.3 is 10.1 Å². The topological polar surface area (TPSA) is 53.1 Å². The molecule has 0 saturated carbocycles. The fourth-order valence-corrected chi connectivity index (χ4v) is 3.34. The Labute approximate surface area is 161 Å². The van der Waals surface area contributed by atoms with E-state index in [4.69, 9.17) is 11.6 Å². The summed E-state index contributed by atoms with van der Waals surface area (Å²) in [5.41, 5.74) is 3.90. The first kappa shape index (κ1) is 17.1. The molecule has 2 N–H and O–H groups in total. The Balaban J connectivity index is 1.77. The van der Waals surface area contributed by atoms with Crippen LogP contribution in [-0.4, -0.2) is 10.1 Å². The average Bonchev–Trinajstić information content (AvgIpc) is 2.68. The number of aromatic amines is 1. The van der Waals surface area contributed by atoms with Gasteiger partial charge in [-0.2, -0.15) is 0 Å². The molecule has 0 bridgehead atoms. The number of fused-ring (bicyclic) bond motifs is 1. The molecule has 0 spiro atoms. The summed E-state index contributed by atoms with van der Waals surface area (Å²) < 4.78 is 0. The highest BCUT2D eigenvalue weighted by molar-refractivity contribution is 6.31. The molecule has 4 heteroatoms. The summed E-state index contributed by atoms with van der Waals surface area (Å²) in [6, 6.07) is 22.3. The third-order valence-corrected chi connectivity index (χ3v) is 4.83. The van der Waals surface area contributed by atoms with E-state index in [1.807, 2.05) is 54.6 Å². The Hall–Kier alpha value is -3.30. The van der Waals surface area contributed by atoms with Gasteiger partial charge in [0.05, 0.1) is 11.1 Å². The van der Waals surface area contributed by atoms with Crippen LogP contribution in [0.4, 0.5) is 0 Å². The van der Waals surface area contributed by atoms with E-state index in [1.54, 1.807) is 18.2 Å². The minimum Gasteiger partial charge on any atom is -0.506 e. The molecule has 0 radical (unpaired) electrons. The number of halogens is 1. The van der Waals surface area contributed by atoms with E-state index < -0.39 is 0 Å². The molecule has 0 atom stereocenters. The van der Waals surface area contributed by atoms with Crippen LogP contribution in [0.2, 0.25) is 5.02 Å². The molecule has 1 aromatic heterocycles. The summed E-state index contributed by atoms with van der Waals surface area (Å²) in [6.45, 7) is 4.15. The Bertz CT molecular complexity index is 1210. The van der Waals surface area contributed by atoms with E-state index >= 15 is 0 Å². The first-order valence-corrected chi connectivity index (χ1v) is 8.82. The lowest BCUT2D eigenvalue weighted by atomic mass is 9.96. The molecule has 3 aromatic carbocycles. The van der Waals surface area contributed by atoms with Gasteiger partial charge in [-0.3, -0.25) is 4.79 Å². The number of rotatable bonds is 3. The van der Waals surface area contributed by atoms with Crippen LogP contribution in [0.1, 0.15) is 11.1 Å². The molecule has 0 unspecified atom stereocenters. The monoisotopic (exact) mass is 373 g/mol. The molecule has 0 saturated heterocycles. The van der Waals surface area contributed by atoms with E-state index in [0.29, 0.717) is 21.5 Å². The van der Waals surface area contributed by atoms with Crippen molar-refractivity contribution in [2.24, 2.45) is 0 Å². The van der Waals surface area contributed by atoms with Crippen LogP contribution >= 0.6 is 11.6 Å². The highest BCUT2D eigenvalue weighted by Crippen LogP contribution is 2.33. The zero-order valence-corrected chi connectivity index (χ0v) is 15.1. The molecule has 3 nitrogen and oxygen atoms in total. The Morgan fingerprint density at radius 3 is 2.30 bits per heavy atom. The normalized spacial score (nSPS) is 10.9. The SMILES string of the molecule is C=C(c1ccccc1)c1ccc(-c2c(O)c3ccc(Cl)cc3[nH]c2=O)cc1. The van der Waals surface area contributed by atoms with Gasteiger partial charge in [0.15, 0.2) is 0 Å². The van der Waals surface area contributed by atoms with Gasteiger partial charge in [0, 0.05) is 10.4 Å². The van der Waals surface area contributed by atoms with Crippen molar-refractivity contribution in [2.75, 3.05) is 0 Å². The summed E-state index contributed by atoms with van der Waals surface area (Å²) in [6.07, 6.45) is 0. The van der Waals surface area contributed by atoms with E-state index in [2.05, 4.69) is 11.6 Å². The zero-order chi connectivity index (χ0) is 19.0. The minimum absolute atomic E-state index is 0.0555. The second-order valence-electron chi connectivity index (χ2n) is 6.29. The summed E-state index contributed by atoms with van der Waals surface area (Å²) in [7, 11) is 0. The molecule has 0 amide bonds. The number of nitrogens with one attached hydrogen (secondary N) is 1. The van der Waals surface area contributed by atoms with Crippen LogP contribution in [0.3, 0.4) is 0 Å². The highest BCUT2D eigenvalue weighted by atomic mass is 35.5. The fraction of sp³-hybridized carbons (Fsp3) is 0. The third kappa shape index (κ3) is 3.14. The van der Waals surface area contributed by atoms with Crippen LogP contribution in [0.25, 0.3) is 27.6 Å². The van der Waals surface area contributed by atoms with Crippen molar-refractivity contribution in [1.82, 2.24) is 4.98 Å². The molecule has 1 heterocycles. The van der Waals surface area contributed by atoms with Crippen LogP contribution in [0, 0.1) is 0 Å². The largest absolute Gasteiger partial charge is 0.506 e. The lowest BCUT2D eigenvalue weighted by Gasteiger charge is -2.10. The Kier molecular flexibility index (Phi) is 4.30. The Morgan fingerprint density at radius 2 is 1.59 bits per heavy atom. The lowest BCUT2D eigenvalue weighted by molar-refractivity contribution is 0.482. The van der Waals surface area contributed by atoms with Crippen molar-refractivity contribution in [1.29, 1.82) is 0 Å². The number of hydrogen-bond acceptors (Lipinski definition) is 2. The second kappa shape index (κ2) is 6.78. The first-order chi connectivity index (χ1) is 13.0. The van der Waals surface area contributed by atoms with Crippen molar-refractivity contribution in [2.45, 2.75) is 0 Å². The van der Waals surface area contributed by atoms with Gasteiger partial charge in [0.1, 0.15) is 5.75 Å². The second-order valence-corrected chi connectivity index (χ2v) is 6.73.